The molecule has 0 spiro atoms. The normalized spacial score (nSPS) is 11.2. The lowest BCUT2D eigenvalue weighted by Crippen LogP contribution is -2.34. The molecule has 2 aromatic rings. The molecule has 0 aliphatic carbocycles. The highest BCUT2D eigenvalue weighted by molar-refractivity contribution is 7.89. The van der Waals surface area contributed by atoms with Crippen LogP contribution in [0.25, 0.3) is 0 Å². The number of hydrogen-bond acceptors (Lipinski definition) is 4. The van der Waals surface area contributed by atoms with Crippen LogP contribution in [0.4, 0.5) is 4.39 Å². The summed E-state index contributed by atoms with van der Waals surface area (Å²) in [5, 5.41) is 0.434. The van der Waals surface area contributed by atoms with Crippen LogP contribution in [0.3, 0.4) is 0 Å². The Bertz CT molecular complexity index is 875. The molecule has 9 heteroatoms. The molecule has 0 atom stereocenters. The summed E-state index contributed by atoms with van der Waals surface area (Å²) < 4.78 is 45.3. The molecule has 0 unspecified atom stereocenters. The van der Waals surface area contributed by atoms with Crippen LogP contribution in [0, 0.1) is 5.82 Å². The maximum Gasteiger partial charge on any atom is 0.240 e. The first-order valence-electron chi connectivity index (χ1n) is 8.16. The molecule has 0 radical (unpaired) electrons. The molecule has 0 saturated carbocycles. The average molecular weight is 415 g/mol. The largest absolute Gasteiger partial charge is 0.489 e. The number of nitrogens with zero attached hydrogens (tertiary/aromatic N) is 1. The predicted octanol–water partition coefficient (Wildman–Crippen LogP) is 2.68. The van der Waals surface area contributed by atoms with Crippen LogP contribution >= 0.6 is 11.6 Å². The first-order valence-corrected chi connectivity index (χ1v) is 10.0. The van der Waals surface area contributed by atoms with E-state index in [2.05, 4.69) is 4.72 Å². The molecule has 1 amide bonds. The number of sulfonamides is 1. The third-order valence-corrected chi connectivity index (χ3v) is 5.43. The minimum atomic E-state index is -3.70. The van der Waals surface area contributed by atoms with Gasteiger partial charge in [-0.1, -0.05) is 23.7 Å². The SMILES string of the molecule is CN(CCOc1ccccc1F)C(=O)CCNS(=O)(=O)c1ccc(Cl)cc1. The van der Waals surface area contributed by atoms with Crippen LogP contribution in [-0.4, -0.2) is 46.0 Å². The molecule has 0 aliphatic rings. The number of carbonyl (C=O) groups excluding carboxylic acids is 1. The first-order chi connectivity index (χ1) is 12.8. The van der Waals surface area contributed by atoms with Gasteiger partial charge in [0.05, 0.1) is 11.4 Å². The highest BCUT2D eigenvalue weighted by Crippen LogP contribution is 2.15. The summed E-state index contributed by atoms with van der Waals surface area (Å²) in [6.45, 7) is 0.332. The number of hydrogen-bond donors (Lipinski definition) is 1. The van der Waals surface area contributed by atoms with Gasteiger partial charge >= 0.3 is 0 Å². The standard InChI is InChI=1S/C18H20ClFN2O4S/c1-22(12-13-26-17-5-3-2-4-16(17)20)18(23)10-11-21-27(24,25)15-8-6-14(19)7-9-15/h2-9,21H,10-13H2,1H3. The zero-order valence-electron chi connectivity index (χ0n) is 14.7. The van der Waals surface area contributed by atoms with Crippen molar-refractivity contribution >= 4 is 27.5 Å². The van der Waals surface area contributed by atoms with Crippen molar-refractivity contribution in [1.82, 2.24) is 9.62 Å². The van der Waals surface area contributed by atoms with Crippen LogP contribution in [0.2, 0.25) is 5.02 Å². The number of carbonyl (C=O) groups is 1. The van der Waals surface area contributed by atoms with Crippen molar-refractivity contribution in [2.24, 2.45) is 0 Å². The van der Waals surface area contributed by atoms with Gasteiger partial charge in [0.1, 0.15) is 6.61 Å². The van der Waals surface area contributed by atoms with Crippen LogP contribution in [0.5, 0.6) is 5.75 Å². The van der Waals surface area contributed by atoms with Crippen molar-refractivity contribution in [3.05, 3.63) is 59.4 Å². The van der Waals surface area contributed by atoms with Crippen molar-refractivity contribution < 1.29 is 22.3 Å². The Labute approximate surface area is 162 Å². The molecular weight excluding hydrogens is 395 g/mol. The fourth-order valence-corrected chi connectivity index (χ4v) is 3.32. The molecule has 6 nitrogen and oxygen atoms in total. The van der Waals surface area contributed by atoms with E-state index in [0.717, 1.165) is 0 Å². The van der Waals surface area contributed by atoms with E-state index in [-0.39, 0.29) is 42.7 Å². The Balaban J connectivity index is 1.74. The second kappa shape index (κ2) is 9.68. The van der Waals surface area contributed by atoms with Crippen molar-refractivity contribution in [1.29, 1.82) is 0 Å². The molecule has 0 saturated heterocycles. The second-order valence-electron chi connectivity index (χ2n) is 5.70. The zero-order valence-corrected chi connectivity index (χ0v) is 16.3. The summed E-state index contributed by atoms with van der Waals surface area (Å²) >= 11 is 5.74. The first kappa shape index (κ1) is 21.1. The molecule has 0 aromatic heterocycles. The average Bonchev–Trinajstić information content (AvgIpc) is 2.63. The van der Waals surface area contributed by atoms with E-state index in [9.17, 15) is 17.6 Å². The van der Waals surface area contributed by atoms with Crippen molar-refractivity contribution in [2.45, 2.75) is 11.3 Å². The summed E-state index contributed by atoms with van der Waals surface area (Å²) in [5.41, 5.74) is 0. The van der Waals surface area contributed by atoms with Crippen molar-refractivity contribution in [2.75, 3.05) is 26.7 Å². The molecular formula is C18H20ClFN2O4S. The quantitative estimate of drug-likeness (QED) is 0.684. The van der Waals surface area contributed by atoms with Crippen LogP contribution in [0.15, 0.2) is 53.4 Å². The zero-order chi connectivity index (χ0) is 19.9. The van der Waals surface area contributed by atoms with Crippen LogP contribution in [0.1, 0.15) is 6.42 Å². The third-order valence-electron chi connectivity index (χ3n) is 3.70. The Morgan fingerprint density at radius 2 is 1.85 bits per heavy atom. The fraction of sp³-hybridized carbons (Fsp3) is 0.278. The Morgan fingerprint density at radius 1 is 1.19 bits per heavy atom. The number of rotatable bonds is 9. The Morgan fingerprint density at radius 3 is 2.52 bits per heavy atom. The van der Waals surface area contributed by atoms with Gasteiger partial charge in [-0.25, -0.2) is 17.5 Å². The van der Waals surface area contributed by atoms with E-state index in [1.165, 1.54) is 41.3 Å². The summed E-state index contributed by atoms with van der Waals surface area (Å²) in [6, 6.07) is 11.7. The lowest BCUT2D eigenvalue weighted by Gasteiger charge is -2.18. The smallest absolute Gasteiger partial charge is 0.240 e. The van der Waals surface area contributed by atoms with Crippen molar-refractivity contribution in [3.63, 3.8) is 0 Å². The van der Waals surface area contributed by atoms with E-state index < -0.39 is 15.8 Å². The number of amides is 1. The van der Waals surface area contributed by atoms with Gasteiger partial charge in [-0.2, -0.15) is 0 Å². The monoisotopic (exact) mass is 414 g/mol. The van der Waals surface area contributed by atoms with E-state index in [1.807, 2.05) is 0 Å². The maximum atomic E-state index is 13.4. The lowest BCUT2D eigenvalue weighted by molar-refractivity contribution is -0.130. The van der Waals surface area contributed by atoms with Gasteiger partial charge in [0.25, 0.3) is 0 Å². The molecule has 0 bridgehead atoms. The topological polar surface area (TPSA) is 75.7 Å². The third kappa shape index (κ3) is 6.50. The number of halogens is 2. The molecule has 2 aromatic carbocycles. The van der Waals surface area contributed by atoms with E-state index in [1.54, 1.807) is 19.2 Å². The van der Waals surface area contributed by atoms with E-state index >= 15 is 0 Å². The molecule has 146 valence electrons. The molecule has 2 rings (SSSR count). The van der Waals surface area contributed by atoms with E-state index in [0.29, 0.717) is 5.02 Å². The van der Waals surface area contributed by atoms with Gasteiger partial charge in [-0.3, -0.25) is 4.79 Å². The summed E-state index contributed by atoms with van der Waals surface area (Å²) in [7, 11) is -2.13. The van der Waals surface area contributed by atoms with Gasteiger partial charge in [-0.15, -0.1) is 0 Å². The molecule has 0 fully saturated rings. The molecule has 27 heavy (non-hydrogen) atoms. The second-order valence-corrected chi connectivity index (χ2v) is 7.90. The minimum Gasteiger partial charge on any atom is -0.489 e. The fourth-order valence-electron chi connectivity index (χ4n) is 2.16. The Kier molecular flexibility index (Phi) is 7.58. The van der Waals surface area contributed by atoms with E-state index in [4.69, 9.17) is 16.3 Å². The van der Waals surface area contributed by atoms with Gasteiger partial charge in [-0.05, 0) is 36.4 Å². The van der Waals surface area contributed by atoms with Gasteiger partial charge < -0.3 is 9.64 Å². The highest BCUT2D eigenvalue weighted by atomic mass is 35.5. The van der Waals surface area contributed by atoms with Crippen LogP contribution in [-0.2, 0) is 14.8 Å². The minimum absolute atomic E-state index is 0.0109. The van der Waals surface area contributed by atoms with Gasteiger partial charge in [0.2, 0.25) is 15.9 Å². The maximum absolute atomic E-state index is 13.4. The molecule has 0 heterocycles. The highest BCUT2D eigenvalue weighted by Gasteiger charge is 2.15. The van der Waals surface area contributed by atoms with Crippen LogP contribution < -0.4 is 9.46 Å². The predicted molar refractivity (Wildman–Crippen MR) is 101 cm³/mol. The number of benzene rings is 2. The number of nitrogens with one attached hydrogen (secondary N) is 1. The van der Waals surface area contributed by atoms with Gasteiger partial charge in [0, 0.05) is 25.0 Å². The summed E-state index contributed by atoms with van der Waals surface area (Å²) in [6.07, 6.45) is -0.0109. The van der Waals surface area contributed by atoms with Gasteiger partial charge in [0.15, 0.2) is 11.6 Å². The number of ether oxygens (including phenoxy) is 1. The molecule has 1 N–H and O–H groups in total. The summed E-state index contributed by atoms with van der Waals surface area (Å²) in [4.78, 5) is 13.5. The lowest BCUT2D eigenvalue weighted by atomic mass is 10.3. The molecule has 0 aliphatic heterocycles. The van der Waals surface area contributed by atoms with Crippen molar-refractivity contribution in [3.8, 4) is 5.75 Å². The Hall–Kier alpha value is -2.16. The number of para-hydroxylation sites is 1. The number of likely N-dealkylation sites (N-methyl/N-ethyl adjacent to an activating group) is 1. The summed E-state index contributed by atoms with van der Waals surface area (Å²) in [5.74, 6) is -0.608.